The largest absolute Gasteiger partial charge is 0.478 e. The van der Waals surface area contributed by atoms with Crippen LogP contribution in [-0.2, 0) is 0 Å². The van der Waals surface area contributed by atoms with Gasteiger partial charge in [-0.25, -0.2) is 4.98 Å². The molecule has 94 valence electrons. The summed E-state index contributed by atoms with van der Waals surface area (Å²) in [7, 11) is 0. The second kappa shape index (κ2) is 6.60. The lowest BCUT2D eigenvalue weighted by Crippen LogP contribution is -2.27. The Morgan fingerprint density at radius 1 is 1.35 bits per heavy atom. The topological polar surface area (TPSA) is 34.1 Å². The molecular weight excluding hydrogens is 212 g/mol. The van der Waals surface area contributed by atoms with Crippen molar-refractivity contribution in [1.82, 2.24) is 10.3 Å². The number of nitrogens with one attached hydrogen (secondary N) is 1. The minimum absolute atomic E-state index is 0.751. The molecule has 1 aliphatic heterocycles. The molecule has 2 heterocycles. The van der Waals surface area contributed by atoms with Gasteiger partial charge in [-0.2, -0.15) is 0 Å². The molecule has 0 spiro atoms. The van der Waals surface area contributed by atoms with E-state index in [4.69, 9.17) is 4.74 Å². The lowest BCUT2D eigenvalue weighted by molar-refractivity contribution is 0.266. The second-order valence-corrected chi connectivity index (χ2v) is 4.86. The smallest absolute Gasteiger partial charge is 0.213 e. The maximum Gasteiger partial charge on any atom is 0.213 e. The Morgan fingerprint density at radius 2 is 2.18 bits per heavy atom. The summed E-state index contributed by atoms with van der Waals surface area (Å²) in [6.07, 6.45) is 6.92. The van der Waals surface area contributed by atoms with Crippen LogP contribution in [0.15, 0.2) is 18.3 Å². The van der Waals surface area contributed by atoms with Crippen molar-refractivity contribution in [3.63, 3.8) is 0 Å². The minimum atomic E-state index is 0.751. The predicted molar refractivity (Wildman–Crippen MR) is 69.3 cm³/mol. The van der Waals surface area contributed by atoms with Crippen LogP contribution in [0, 0.1) is 12.8 Å². The number of hydrogen-bond acceptors (Lipinski definition) is 3. The van der Waals surface area contributed by atoms with Gasteiger partial charge < -0.3 is 10.1 Å². The van der Waals surface area contributed by atoms with Crippen molar-refractivity contribution in [1.29, 1.82) is 0 Å². The highest BCUT2D eigenvalue weighted by Gasteiger charge is 2.12. The average molecular weight is 234 g/mol. The van der Waals surface area contributed by atoms with Crippen molar-refractivity contribution in [2.45, 2.75) is 32.6 Å². The summed E-state index contributed by atoms with van der Waals surface area (Å²) < 4.78 is 5.63. The van der Waals surface area contributed by atoms with Gasteiger partial charge in [-0.1, -0.05) is 6.07 Å². The fourth-order valence-electron chi connectivity index (χ4n) is 2.26. The molecule has 1 N–H and O–H groups in total. The highest BCUT2D eigenvalue weighted by Crippen LogP contribution is 2.17. The summed E-state index contributed by atoms with van der Waals surface area (Å²) in [6, 6.07) is 3.98. The van der Waals surface area contributed by atoms with Crippen LogP contribution in [0.3, 0.4) is 0 Å². The quantitative estimate of drug-likeness (QED) is 0.795. The van der Waals surface area contributed by atoms with Gasteiger partial charge in [-0.05, 0) is 57.2 Å². The number of aryl methyl sites for hydroxylation is 1. The van der Waals surface area contributed by atoms with Crippen LogP contribution < -0.4 is 10.1 Å². The third-order valence-corrected chi connectivity index (χ3v) is 3.35. The molecule has 2 rings (SSSR count). The van der Waals surface area contributed by atoms with E-state index in [-0.39, 0.29) is 0 Å². The van der Waals surface area contributed by atoms with Crippen LogP contribution in [0.2, 0.25) is 0 Å². The molecule has 3 nitrogen and oxygen atoms in total. The van der Waals surface area contributed by atoms with E-state index < -0.39 is 0 Å². The maximum absolute atomic E-state index is 5.63. The fourth-order valence-corrected chi connectivity index (χ4v) is 2.26. The molecular formula is C14H22N2O. The Hall–Kier alpha value is -1.09. The summed E-state index contributed by atoms with van der Waals surface area (Å²) >= 11 is 0. The van der Waals surface area contributed by atoms with Crippen LogP contribution in [0.25, 0.3) is 0 Å². The molecule has 1 saturated heterocycles. The Kier molecular flexibility index (Phi) is 4.80. The average Bonchev–Trinajstić information content (AvgIpc) is 2.38. The second-order valence-electron chi connectivity index (χ2n) is 4.86. The molecule has 0 unspecified atom stereocenters. The van der Waals surface area contributed by atoms with E-state index in [0.29, 0.717) is 0 Å². The molecule has 0 aliphatic carbocycles. The van der Waals surface area contributed by atoms with E-state index in [1.807, 2.05) is 25.3 Å². The zero-order chi connectivity index (χ0) is 11.9. The summed E-state index contributed by atoms with van der Waals surface area (Å²) in [4.78, 5) is 4.23. The lowest BCUT2D eigenvalue weighted by Gasteiger charge is -2.22. The first-order valence-electron chi connectivity index (χ1n) is 6.61. The number of pyridine rings is 1. The molecule has 0 atom stereocenters. The first-order chi connectivity index (χ1) is 8.34. The van der Waals surface area contributed by atoms with Crippen molar-refractivity contribution < 1.29 is 4.74 Å². The van der Waals surface area contributed by atoms with Crippen LogP contribution in [0.5, 0.6) is 5.88 Å². The van der Waals surface area contributed by atoms with Crippen LogP contribution in [0.1, 0.15) is 31.2 Å². The zero-order valence-corrected chi connectivity index (χ0v) is 10.6. The standard InChI is InChI=1S/C14H22N2O/c1-12-4-5-14(16-11-12)17-10-2-3-13-6-8-15-9-7-13/h4-5,11,13,15H,2-3,6-10H2,1H3. The van der Waals surface area contributed by atoms with E-state index in [1.165, 1.54) is 37.9 Å². The van der Waals surface area contributed by atoms with Crippen molar-refractivity contribution in [3.05, 3.63) is 23.9 Å². The van der Waals surface area contributed by atoms with Gasteiger partial charge >= 0.3 is 0 Å². The summed E-state index contributed by atoms with van der Waals surface area (Å²) in [5, 5.41) is 3.39. The van der Waals surface area contributed by atoms with Gasteiger partial charge in [-0.3, -0.25) is 0 Å². The van der Waals surface area contributed by atoms with Crippen LogP contribution in [-0.4, -0.2) is 24.7 Å². The van der Waals surface area contributed by atoms with E-state index >= 15 is 0 Å². The number of aromatic nitrogens is 1. The molecule has 1 aromatic rings. The molecule has 1 fully saturated rings. The maximum atomic E-state index is 5.63. The SMILES string of the molecule is Cc1ccc(OCCCC2CCNCC2)nc1. The first kappa shape index (κ1) is 12.4. The molecule has 0 bridgehead atoms. The first-order valence-corrected chi connectivity index (χ1v) is 6.61. The van der Waals surface area contributed by atoms with Gasteiger partial charge in [0.1, 0.15) is 0 Å². The third-order valence-electron chi connectivity index (χ3n) is 3.35. The van der Waals surface area contributed by atoms with E-state index in [1.54, 1.807) is 0 Å². The molecule has 0 radical (unpaired) electrons. The Bertz CT molecular complexity index is 317. The van der Waals surface area contributed by atoms with E-state index in [9.17, 15) is 0 Å². The summed E-state index contributed by atoms with van der Waals surface area (Å²) in [5.41, 5.74) is 1.17. The molecule has 1 aromatic heterocycles. The number of rotatable bonds is 5. The molecule has 0 amide bonds. The van der Waals surface area contributed by atoms with E-state index in [2.05, 4.69) is 10.3 Å². The zero-order valence-electron chi connectivity index (χ0n) is 10.6. The van der Waals surface area contributed by atoms with Gasteiger partial charge in [-0.15, -0.1) is 0 Å². The Labute approximate surface area is 104 Å². The predicted octanol–water partition coefficient (Wildman–Crippen LogP) is 2.55. The highest BCUT2D eigenvalue weighted by atomic mass is 16.5. The number of ether oxygens (including phenoxy) is 1. The van der Waals surface area contributed by atoms with Gasteiger partial charge in [0.15, 0.2) is 0 Å². The Balaban J connectivity index is 1.60. The van der Waals surface area contributed by atoms with Gasteiger partial charge in [0.25, 0.3) is 0 Å². The molecule has 17 heavy (non-hydrogen) atoms. The monoisotopic (exact) mass is 234 g/mol. The molecule has 0 aromatic carbocycles. The summed E-state index contributed by atoms with van der Waals surface area (Å²) in [5.74, 6) is 1.65. The van der Waals surface area contributed by atoms with Gasteiger partial charge in [0, 0.05) is 12.3 Å². The molecule has 1 aliphatic rings. The highest BCUT2D eigenvalue weighted by molar-refractivity contribution is 5.16. The summed E-state index contributed by atoms with van der Waals surface area (Å²) in [6.45, 7) is 5.20. The van der Waals surface area contributed by atoms with Gasteiger partial charge in [0.05, 0.1) is 6.61 Å². The number of hydrogen-bond donors (Lipinski definition) is 1. The normalized spacial score (nSPS) is 17.0. The van der Waals surface area contributed by atoms with Crippen LogP contribution >= 0.6 is 0 Å². The number of nitrogens with zero attached hydrogens (tertiary/aromatic N) is 1. The van der Waals surface area contributed by atoms with Crippen molar-refractivity contribution in [3.8, 4) is 5.88 Å². The van der Waals surface area contributed by atoms with Crippen LogP contribution in [0.4, 0.5) is 0 Å². The minimum Gasteiger partial charge on any atom is -0.478 e. The fraction of sp³-hybridized carbons (Fsp3) is 0.643. The lowest BCUT2D eigenvalue weighted by atomic mass is 9.93. The molecule has 0 saturated carbocycles. The Morgan fingerprint density at radius 3 is 2.88 bits per heavy atom. The van der Waals surface area contributed by atoms with Crippen molar-refractivity contribution >= 4 is 0 Å². The molecule has 3 heteroatoms. The van der Waals surface area contributed by atoms with Crippen molar-refractivity contribution in [2.24, 2.45) is 5.92 Å². The van der Waals surface area contributed by atoms with Gasteiger partial charge in [0.2, 0.25) is 5.88 Å². The van der Waals surface area contributed by atoms with E-state index in [0.717, 1.165) is 24.8 Å². The number of piperidine rings is 1. The van der Waals surface area contributed by atoms with Crippen molar-refractivity contribution in [2.75, 3.05) is 19.7 Å². The third kappa shape index (κ3) is 4.35.